The first-order valence-corrected chi connectivity index (χ1v) is 7.90. The average molecular weight is 338 g/mol. The first-order valence-electron chi connectivity index (χ1n) is 6.22. The fourth-order valence-corrected chi connectivity index (χ4v) is 3.18. The van der Waals surface area contributed by atoms with Crippen molar-refractivity contribution < 1.29 is 4.79 Å². The molecule has 1 heterocycles. The fourth-order valence-electron chi connectivity index (χ4n) is 1.95. The molecule has 1 unspecified atom stereocenters. The Balaban J connectivity index is 2.18. The molecule has 1 N–H and O–H groups in total. The number of hydrogen-bond acceptors (Lipinski definition) is 2. The van der Waals surface area contributed by atoms with E-state index in [0.29, 0.717) is 0 Å². The third-order valence-corrected chi connectivity index (χ3v) is 4.96. The minimum atomic E-state index is -0.0148. The van der Waals surface area contributed by atoms with Crippen molar-refractivity contribution in [1.29, 1.82) is 0 Å². The highest BCUT2D eigenvalue weighted by Crippen LogP contribution is 2.24. The molecule has 2 nitrogen and oxygen atoms in total. The summed E-state index contributed by atoms with van der Waals surface area (Å²) in [6, 6.07) is 9.86. The van der Waals surface area contributed by atoms with E-state index in [9.17, 15) is 4.79 Å². The summed E-state index contributed by atoms with van der Waals surface area (Å²) in [4.78, 5) is 13.6. The van der Waals surface area contributed by atoms with Gasteiger partial charge in [-0.2, -0.15) is 0 Å². The largest absolute Gasteiger partial charge is 0.344 e. The molecule has 0 aliphatic rings. The molecule has 1 atom stereocenters. The van der Waals surface area contributed by atoms with Crippen molar-refractivity contribution in [2.24, 2.45) is 0 Å². The number of hydrogen-bond donors (Lipinski definition) is 1. The van der Waals surface area contributed by atoms with Crippen LogP contribution in [0.1, 0.15) is 40.2 Å². The van der Waals surface area contributed by atoms with E-state index in [-0.39, 0.29) is 11.9 Å². The van der Waals surface area contributed by atoms with Crippen LogP contribution in [0.25, 0.3) is 0 Å². The lowest BCUT2D eigenvalue weighted by Gasteiger charge is -2.16. The van der Waals surface area contributed by atoms with Crippen LogP contribution < -0.4 is 5.32 Å². The number of thiophene rings is 1. The molecular formula is C15H16BrNOS. The van der Waals surface area contributed by atoms with Gasteiger partial charge in [-0.1, -0.05) is 35.0 Å². The molecule has 4 heteroatoms. The quantitative estimate of drug-likeness (QED) is 0.860. The summed E-state index contributed by atoms with van der Waals surface area (Å²) in [6.07, 6.45) is 0.888. The smallest absolute Gasteiger partial charge is 0.252 e. The third-order valence-electron chi connectivity index (χ3n) is 3.11. The molecule has 1 aromatic heterocycles. The first kappa shape index (κ1) is 14.3. The highest BCUT2D eigenvalue weighted by Gasteiger charge is 2.16. The molecule has 2 aromatic rings. The maximum atomic E-state index is 12.4. The molecule has 100 valence electrons. The molecule has 0 saturated heterocycles. The van der Waals surface area contributed by atoms with E-state index in [1.165, 1.54) is 4.88 Å². The Morgan fingerprint density at radius 1 is 1.37 bits per heavy atom. The molecule has 1 aromatic carbocycles. The monoisotopic (exact) mass is 337 g/mol. The number of carbonyl (C=O) groups is 1. The minimum Gasteiger partial charge on any atom is -0.344 e. The number of carbonyl (C=O) groups excluding carboxylic acids is 1. The summed E-state index contributed by atoms with van der Waals surface area (Å²) in [5, 5.41) is 5.14. The van der Waals surface area contributed by atoms with Gasteiger partial charge in [0.1, 0.15) is 0 Å². The molecule has 0 saturated carbocycles. The zero-order valence-corrected chi connectivity index (χ0v) is 13.3. The van der Waals surface area contributed by atoms with E-state index >= 15 is 0 Å². The molecule has 2 rings (SSSR count). The predicted octanol–water partition coefficient (Wildman–Crippen LogP) is 4.70. The van der Waals surface area contributed by atoms with E-state index in [1.54, 1.807) is 11.3 Å². The van der Waals surface area contributed by atoms with Gasteiger partial charge in [0.05, 0.1) is 6.04 Å². The first-order chi connectivity index (χ1) is 9.13. The Bertz CT molecular complexity index is 566. The molecular weight excluding hydrogens is 322 g/mol. The number of rotatable bonds is 4. The Hall–Kier alpha value is -1.13. The number of nitrogens with one attached hydrogen (secondary N) is 1. The average Bonchev–Trinajstić information content (AvgIpc) is 2.92. The summed E-state index contributed by atoms with van der Waals surface area (Å²) >= 11 is 5.13. The zero-order chi connectivity index (χ0) is 13.8. The van der Waals surface area contributed by atoms with Crippen molar-refractivity contribution in [3.8, 4) is 0 Å². The minimum absolute atomic E-state index is 0.0148. The normalized spacial score (nSPS) is 12.2. The van der Waals surface area contributed by atoms with E-state index in [4.69, 9.17) is 0 Å². The van der Waals surface area contributed by atoms with Gasteiger partial charge in [-0.05, 0) is 42.5 Å². The summed E-state index contributed by atoms with van der Waals surface area (Å²) in [5.74, 6) is -0.0148. The van der Waals surface area contributed by atoms with Gasteiger partial charge < -0.3 is 5.32 Å². The third kappa shape index (κ3) is 3.25. The molecule has 19 heavy (non-hydrogen) atoms. The lowest BCUT2D eigenvalue weighted by Crippen LogP contribution is -2.28. The summed E-state index contributed by atoms with van der Waals surface area (Å²) in [7, 11) is 0. The van der Waals surface area contributed by atoms with Crippen LogP contribution in [0.2, 0.25) is 0 Å². The highest BCUT2D eigenvalue weighted by atomic mass is 79.9. The SMILES string of the molecule is CCC(NC(=O)c1cccc(Br)c1C)c1cccs1. The Morgan fingerprint density at radius 3 is 2.79 bits per heavy atom. The van der Waals surface area contributed by atoms with Gasteiger partial charge in [0.15, 0.2) is 0 Å². The van der Waals surface area contributed by atoms with Crippen LogP contribution in [0, 0.1) is 6.92 Å². The lowest BCUT2D eigenvalue weighted by molar-refractivity contribution is 0.0935. The Morgan fingerprint density at radius 2 is 2.16 bits per heavy atom. The van der Waals surface area contributed by atoms with E-state index in [0.717, 1.165) is 22.0 Å². The number of benzene rings is 1. The van der Waals surface area contributed by atoms with Crippen LogP contribution in [0.5, 0.6) is 0 Å². The van der Waals surface area contributed by atoms with Gasteiger partial charge in [-0.25, -0.2) is 0 Å². The van der Waals surface area contributed by atoms with Gasteiger partial charge >= 0.3 is 0 Å². The summed E-state index contributed by atoms with van der Waals surface area (Å²) < 4.78 is 0.962. The van der Waals surface area contributed by atoms with Crippen LogP contribution in [-0.4, -0.2) is 5.91 Å². The van der Waals surface area contributed by atoms with Crippen molar-refractivity contribution >= 4 is 33.2 Å². The van der Waals surface area contributed by atoms with Crippen LogP contribution in [0.3, 0.4) is 0 Å². The highest BCUT2D eigenvalue weighted by molar-refractivity contribution is 9.10. The van der Waals surface area contributed by atoms with E-state index in [1.807, 2.05) is 36.6 Å². The van der Waals surface area contributed by atoms with E-state index in [2.05, 4.69) is 34.2 Å². The predicted molar refractivity (Wildman–Crippen MR) is 83.7 cm³/mol. The standard InChI is InChI=1S/C15H16BrNOS/c1-3-13(14-8-5-9-19-14)17-15(18)11-6-4-7-12(16)10(11)2/h4-9,13H,3H2,1-2H3,(H,17,18). The number of amides is 1. The van der Waals surface area contributed by atoms with E-state index < -0.39 is 0 Å². The van der Waals surface area contributed by atoms with Crippen LogP contribution in [0.4, 0.5) is 0 Å². The van der Waals surface area contributed by atoms with Gasteiger partial charge in [0.25, 0.3) is 5.91 Å². The molecule has 0 radical (unpaired) electrons. The molecule has 0 aliphatic carbocycles. The lowest BCUT2D eigenvalue weighted by atomic mass is 10.1. The number of halogens is 1. The fraction of sp³-hybridized carbons (Fsp3) is 0.267. The van der Waals surface area contributed by atoms with Crippen LogP contribution >= 0.6 is 27.3 Å². The van der Waals surface area contributed by atoms with Crippen molar-refractivity contribution in [3.05, 3.63) is 56.2 Å². The van der Waals surface area contributed by atoms with Crippen LogP contribution in [0.15, 0.2) is 40.2 Å². The summed E-state index contributed by atoms with van der Waals surface area (Å²) in [5.41, 5.74) is 1.70. The molecule has 0 spiro atoms. The van der Waals surface area contributed by atoms with Crippen molar-refractivity contribution in [2.75, 3.05) is 0 Å². The second-order valence-corrected chi connectivity index (χ2v) is 6.20. The molecule has 1 amide bonds. The molecule has 0 fully saturated rings. The molecule has 0 bridgehead atoms. The molecule has 0 aliphatic heterocycles. The zero-order valence-electron chi connectivity index (χ0n) is 10.9. The Labute approximate surface area is 126 Å². The van der Waals surface area contributed by atoms with Gasteiger partial charge in [0.2, 0.25) is 0 Å². The van der Waals surface area contributed by atoms with Crippen LogP contribution in [-0.2, 0) is 0 Å². The van der Waals surface area contributed by atoms with Crippen molar-refractivity contribution in [2.45, 2.75) is 26.3 Å². The maximum Gasteiger partial charge on any atom is 0.252 e. The van der Waals surface area contributed by atoms with Crippen molar-refractivity contribution in [3.63, 3.8) is 0 Å². The maximum absolute atomic E-state index is 12.4. The van der Waals surface area contributed by atoms with Gasteiger partial charge in [-0.3, -0.25) is 4.79 Å². The Kier molecular flexibility index (Phi) is 4.77. The van der Waals surface area contributed by atoms with Gasteiger partial charge in [0, 0.05) is 14.9 Å². The topological polar surface area (TPSA) is 29.1 Å². The summed E-state index contributed by atoms with van der Waals surface area (Å²) in [6.45, 7) is 4.03. The second kappa shape index (κ2) is 6.35. The van der Waals surface area contributed by atoms with Gasteiger partial charge in [-0.15, -0.1) is 11.3 Å². The second-order valence-electron chi connectivity index (χ2n) is 4.36. The van der Waals surface area contributed by atoms with Crippen molar-refractivity contribution in [1.82, 2.24) is 5.32 Å².